The molecule has 5 rings (SSSR count). The lowest BCUT2D eigenvalue weighted by Crippen LogP contribution is -2.37. The van der Waals surface area contributed by atoms with Crippen molar-refractivity contribution < 1.29 is 22.0 Å². The van der Waals surface area contributed by atoms with Gasteiger partial charge in [0.05, 0.1) is 15.5 Å². The molecule has 2 N–H and O–H groups in total. The molecule has 0 unspecified atom stereocenters. The molecule has 0 amide bonds. The second-order valence-corrected chi connectivity index (χ2v) is 14.4. The molecule has 12 heteroatoms. The van der Waals surface area contributed by atoms with E-state index in [0.29, 0.717) is 48.8 Å². The molecule has 0 saturated carbocycles. The molecule has 0 aromatic heterocycles. The lowest BCUT2D eigenvalue weighted by atomic mass is 9.99. The predicted molar refractivity (Wildman–Crippen MR) is 147 cm³/mol. The first-order chi connectivity index (χ1) is 18.1. The average molecular weight is 561 g/mol. The number of rotatable bonds is 6. The van der Waals surface area contributed by atoms with E-state index in [1.54, 1.807) is 0 Å². The summed E-state index contributed by atoms with van der Waals surface area (Å²) < 4.78 is 56.5. The number of hydrogen-bond acceptors (Lipinski definition) is 8. The summed E-state index contributed by atoms with van der Waals surface area (Å²) in [5.41, 5.74) is 2.30. The van der Waals surface area contributed by atoms with Gasteiger partial charge in [-0.1, -0.05) is 26.0 Å². The van der Waals surface area contributed by atoms with Crippen molar-refractivity contribution in [1.82, 2.24) is 8.61 Å². The molecule has 3 aromatic rings. The van der Waals surface area contributed by atoms with E-state index in [1.165, 1.54) is 45.0 Å². The number of piperidine rings is 2. The number of hydrogen-bond donors (Lipinski definition) is 2. The van der Waals surface area contributed by atoms with Crippen molar-refractivity contribution in [3.8, 4) is 0 Å². The van der Waals surface area contributed by atoms with Gasteiger partial charge in [0.25, 0.3) is 0 Å². The molecular weight excluding hydrogens is 528 g/mol. The van der Waals surface area contributed by atoms with Gasteiger partial charge < -0.3 is 0 Å². The molecule has 0 bridgehead atoms. The van der Waals surface area contributed by atoms with Gasteiger partial charge >= 0.3 is 0 Å². The van der Waals surface area contributed by atoms with Crippen LogP contribution in [-0.4, -0.2) is 56.8 Å². The monoisotopic (exact) mass is 560 g/mol. The topological polar surface area (TPSA) is 136 Å². The minimum atomic E-state index is -3.82. The Kier molecular flexibility index (Phi) is 7.20. The fourth-order valence-electron chi connectivity index (χ4n) is 5.45. The molecule has 0 spiro atoms. The number of benzene rings is 3. The molecule has 2 fully saturated rings. The highest BCUT2D eigenvalue weighted by Crippen LogP contribution is 2.43. The minimum absolute atomic E-state index is 0.0129. The molecular formula is C26H32N4O6S2. The zero-order valence-corrected chi connectivity index (χ0v) is 23.1. The highest BCUT2D eigenvalue weighted by Gasteiger charge is 2.31. The van der Waals surface area contributed by atoms with Crippen molar-refractivity contribution >= 4 is 53.0 Å². The Morgan fingerprint density at radius 2 is 1.13 bits per heavy atom. The van der Waals surface area contributed by atoms with E-state index >= 15 is 0 Å². The first kappa shape index (κ1) is 26.9. The van der Waals surface area contributed by atoms with Gasteiger partial charge in [0, 0.05) is 47.7 Å². The predicted octanol–water partition coefficient (Wildman–Crippen LogP) is 5.03. The summed E-state index contributed by atoms with van der Waals surface area (Å²) in [6, 6.07) is 8.72. The molecule has 38 heavy (non-hydrogen) atoms. The van der Waals surface area contributed by atoms with Crippen molar-refractivity contribution in [2.24, 2.45) is 17.0 Å². The van der Waals surface area contributed by atoms with Gasteiger partial charge in [0.1, 0.15) is 5.69 Å². The summed E-state index contributed by atoms with van der Waals surface area (Å²) in [5, 5.41) is 14.4. The number of nitrogens with zero attached hydrogens (tertiary/aromatic N) is 3. The standard InChI is InChI=1S/C26H32N4O6S2/c1-17-7-11-29(12-8-17)37(33,34)19-3-5-21-23(15-19)26(28-32)24-16-20(4-6-22(24)25(21)27-31)38(35,36)30-13-9-18(2)10-14-30/h3-6,15-18,27,31H,7-14H2,1-2H3. The zero-order chi connectivity index (χ0) is 27.2. The quantitative estimate of drug-likeness (QED) is 0.245. The third kappa shape index (κ3) is 4.58. The fraction of sp³-hybridized carbons (Fsp3) is 0.462. The number of nitrogens with one attached hydrogen (secondary N) is 1. The smallest absolute Gasteiger partial charge is 0.243 e. The number of sulfonamides is 2. The third-order valence-electron chi connectivity index (χ3n) is 7.99. The van der Waals surface area contributed by atoms with Gasteiger partial charge in [-0.3, -0.25) is 10.7 Å². The molecule has 10 nitrogen and oxygen atoms in total. The van der Waals surface area contributed by atoms with Crippen LogP contribution in [0.5, 0.6) is 0 Å². The van der Waals surface area contributed by atoms with Crippen LogP contribution in [-0.2, 0) is 20.0 Å². The molecule has 204 valence electrons. The average Bonchev–Trinajstić information content (AvgIpc) is 2.91. The summed E-state index contributed by atoms with van der Waals surface area (Å²) in [6.45, 7) is 5.85. The van der Waals surface area contributed by atoms with Gasteiger partial charge in [-0.2, -0.15) is 8.61 Å². The van der Waals surface area contributed by atoms with Gasteiger partial charge in [-0.15, -0.1) is 4.91 Å². The second-order valence-electron chi connectivity index (χ2n) is 10.5. The Labute approximate surface area is 222 Å². The van der Waals surface area contributed by atoms with Crippen LogP contribution in [0, 0.1) is 16.7 Å². The van der Waals surface area contributed by atoms with Crippen LogP contribution in [0.4, 0.5) is 11.4 Å². The lowest BCUT2D eigenvalue weighted by Gasteiger charge is -2.29. The van der Waals surface area contributed by atoms with Crippen molar-refractivity contribution in [2.75, 3.05) is 31.7 Å². The number of anilines is 1. The highest BCUT2D eigenvalue weighted by atomic mass is 32.2. The first-order valence-corrected chi connectivity index (χ1v) is 15.7. The number of fused-ring (bicyclic) bond motifs is 2. The van der Waals surface area contributed by atoms with E-state index in [9.17, 15) is 26.9 Å². The van der Waals surface area contributed by atoms with Crippen molar-refractivity contribution in [3.05, 3.63) is 41.3 Å². The molecule has 2 heterocycles. The molecule has 0 aliphatic carbocycles. The zero-order valence-electron chi connectivity index (χ0n) is 21.4. The van der Waals surface area contributed by atoms with Crippen LogP contribution >= 0.6 is 0 Å². The molecule has 0 atom stereocenters. The lowest BCUT2D eigenvalue weighted by molar-refractivity contribution is 0.287. The van der Waals surface area contributed by atoms with E-state index in [-0.39, 0.29) is 31.9 Å². The Bertz CT molecular complexity index is 1490. The van der Waals surface area contributed by atoms with Gasteiger partial charge in [0.2, 0.25) is 20.0 Å². The summed E-state index contributed by atoms with van der Waals surface area (Å²) in [4.78, 5) is 12.2. The van der Waals surface area contributed by atoms with E-state index in [4.69, 9.17) is 0 Å². The van der Waals surface area contributed by atoms with Crippen molar-refractivity contribution in [3.63, 3.8) is 0 Å². The third-order valence-corrected chi connectivity index (χ3v) is 11.8. The van der Waals surface area contributed by atoms with Crippen LogP contribution in [0.3, 0.4) is 0 Å². The second kappa shape index (κ2) is 10.2. The summed E-state index contributed by atoms with van der Waals surface area (Å²) in [5.74, 6) is 0.902. The first-order valence-electron chi connectivity index (χ1n) is 12.8. The molecule has 0 radical (unpaired) electrons. The highest BCUT2D eigenvalue weighted by molar-refractivity contribution is 7.89. The van der Waals surface area contributed by atoms with Crippen molar-refractivity contribution in [1.29, 1.82) is 0 Å². The van der Waals surface area contributed by atoms with Gasteiger partial charge in [-0.25, -0.2) is 16.8 Å². The Morgan fingerprint density at radius 1 is 0.737 bits per heavy atom. The summed E-state index contributed by atoms with van der Waals surface area (Å²) in [6.07, 6.45) is 3.07. The van der Waals surface area contributed by atoms with Crippen LogP contribution in [0.25, 0.3) is 21.5 Å². The van der Waals surface area contributed by atoms with Crippen molar-refractivity contribution in [2.45, 2.75) is 49.3 Å². The summed E-state index contributed by atoms with van der Waals surface area (Å²) >= 11 is 0. The van der Waals surface area contributed by atoms with Crippen LogP contribution in [0.2, 0.25) is 0 Å². The molecule has 2 aliphatic heterocycles. The van der Waals surface area contributed by atoms with E-state index in [2.05, 4.69) is 24.5 Å². The van der Waals surface area contributed by atoms with E-state index in [1.807, 2.05) is 0 Å². The number of nitroso groups, excluding NO2 is 1. The maximum Gasteiger partial charge on any atom is 0.243 e. The van der Waals surface area contributed by atoms with Gasteiger partial charge in [-0.05, 0) is 67.0 Å². The summed E-state index contributed by atoms with van der Waals surface area (Å²) in [7, 11) is -7.64. The van der Waals surface area contributed by atoms with Gasteiger partial charge in [0.15, 0.2) is 0 Å². The van der Waals surface area contributed by atoms with Crippen LogP contribution < -0.4 is 5.48 Å². The maximum absolute atomic E-state index is 13.4. The van der Waals surface area contributed by atoms with Crippen LogP contribution in [0.15, 0.2) is 51.4 Å². The Morgan fingerprint density at radius 3 is 1.47 bits per heavy atom. The molecule has 3 aromatic carbocycles. The normalized spacial score (nSPS) is 19.2. The molecule has 2 saturated heterocycles. The fourth-order valence-corrected chi connectivity index (χ4v) is 8.45. The molecule has 2 aliphatic rings. The Balaban J connectivity index is 1.67. The van der Waals surface area contributed by atoms with E-state index < -0.39 is 20.0 Å². The largest absolute Gasteiger partial charge is 0.291 e. The SMILES string of the molecule is CC1CCN(S(=O)(=O)c2ccc3c(NO)c4ccc(S(=O)(=O)N5CCC(C)CC5)cc4c(N=O)c3c2)CC1. The minimum Gasteiger partial charge on any atom is -0.291 e. The van der Waals surface area contributed by atoms with E-state index in [0.717, 1.165) is 25.7 Å². The van der Waals surface area contributed by atoms with Crippen LogP contribution in [0.1, 0.15) is 39.5 Å². The maximum atomic E-state index is 13.4. The Hall–Kier alpha value is -2.64.